The Morgan fingerprint density at radius 2 is 1.63 bits per heavy atom. The quantitative estimate of drug-likeness (QED) is 0.271. The maximum Gasteiger partial charge on any atom is 0.256 e. The molecule has 0 atom stereocenters. The minimum atomic E-state index is -0.00996. The van der Waals surface area contributed by atoms with E-state index in [0.29, 0.717) is 46.7 Å². The first kappa shape index (κ1) is 33.7. The highest BCUT2D eigenvalue weighted by molar-refractivity contribution is 6.33. The fourth-order valence-corrected chi connectivity index (χ4v) is 8.07. The van der Waals surface area contributed by atoms with Crippen LogP contribution in [-0.4, -0.2) is 109 Å². The number of methoxy groups -OCH3 is 1. The number of nitrogens with one attached hydrogen (secondary N) is 2. The van der Waals surface area contributed by atoms with Gasteiger partial charge in [-0.1, -0.05) is 18.0 Å². The van der Waals surface area contributed by atoms with Crippen molar-refractivity contribution in [3.8, 4) is 5.75 Å². The molecule has 1 amide bonds. The van der Waals surface area contributed by atoms with E-state index < -0.39 is 0 Å². The number of hydrogen-bond donors (Lipinski definition) is 2. The lowest BCUT2D eigenvalue weighted by molar-refractivity contribution is 0.0817. The van der Waals surface area contributed by atoms with Crippen LogP contribution in [0.1, 0.15) is 61.9 Å². The average molecular weight is 688 g/mol. The van der Waals surface area contributed by atoms with Crippen LogP contribution in [0.15, 0.2) is 36.5 Å². The number of likely N-dealkylation sites (tertiary alicyclic amines) is 1. The van der Waals surface area contributed by atoms with Crippen molar-refractivity contribution >= 4 is 52.0 Å². The topological polar surface area (TPSA) is 92.3 Å². The number of hydrogen-bond acceptors (Lipinski definition) is 10. The molecule has 0 saturated carbocycles. The predicted molar refractivity (Wildman–Crippen MR) is 198 cm³/mol. The van der Waals surface area contributed by atoms with Gasteiger partial charge in [-0.05, 0) is 76.9 Å². The molecule has 5 heterocycles. The lowest BCUT2D eigenvalue weighted by Gasteiger charge is -2.41. The Kier molecular flexibility index (Phi) is 10.0. The first-order valence-corrected chi connectivity index (χ1v) is 18.3. The summed E-state index contributed by atoms with van der Waals surface area (Å²) in [4.78, 5) is 34.5. The zero-order chi connectivity index (χ0) is 34.1. The largest absolute Gasteiger partial charge is 0.494 e. The Morgan fingerprint density at radius 1 is 0.898 bits per heavy atom. The number of rotatable bonds is 9. The molecule has 12 heteroatoms. The molecule has 2 N–H and O–H groups in total. The van der Waals surface area contributed by atoms with Gasteiger partial charge in [-0.25, -0.2) is 4.98 Å². The second-order valence-electron chi connectivity index (χ2n) is 14.1. The average Bonchev–Trinajstić information content (AvgIpc) is 3.44. The van der Waals surface area contributed by atoms with Gasteiger partial charge in [-0.2, -0.15) is 4.98 Å². The van der Waals surface area contributed by atoms with Gasteiger partial charge in [0, 0.05) is 87.9 Å². The first-order chi connectivity index (χ1) is 23.8. The van der Waals surface area contributed by atoms with Crippen LogP contribution < -0.4 is 25.2 Å². The van der Waals surface area contributed by atoms with Crippen LogP contribution in [-0.2, 0) is 6.54 Å². The number of fused-ring (bicyclic) bond motifs is 1. The van der Waals surface area contributed by atoms with Gasteiger partial charge in [0.15, 0.2) is 5.82 Å². The number of carbonyl (C=O) groups is 1. The summed E-state index contributed by atoms with van der Waals surface area (Å²) < 4.78 is 5.82. The maximum absolute atomic E-state index is 13.4. The monoisotopic (exact) mass is 687 g/mol. The molecule has 3 aromatic rings. The lowest BCUT2D eigenvalue weighted by Crippen LogP contribution is -2.49. The van der Waals surface area contributed by atoms with Gasteiger partial charge in [-0.15, -0.1) is 0 Å². The van der Waals surface area contributed by atoms with Crippen LogP contribution in [0.2, 0.25) is 5.02 Å². The number of anilines is 6. The van der Waals surface area contributed by atoms with Crippen molar-refractivity contribution in [2.75, 3.05) is 86.9 Å². The van der Waals surface area contributed by atoms with E-state index in [2.05, 4.69) is 67.3 Å². The highest BCUT2D eigenvalue weighted by atomic mass is 35.5. The third-order valence-corrected chi connectivity index (χ3v) is 11.1. The third-order valence-electron chi connectivity index (χ3n) is 10.8. The number of benzene rings is 2. The summed E-state index contributed by atoms with van der Waals surface area (Å²) in [5, 5.41) is 7.07. The number of ether oxygens (including phenoxy) is 1. The summed E-state index contributed by atoms with van der Waals surface area (Å²) in [6, 6.07) is 11.6. The number of nitrogens with zero attached hydrogens (tertiary/aromatic N) is 7. The SMILES string of the molecule is COc1cc(N2CCC(N3CCCCC3)CC2)ccc1Nc1ncc(Cl)c(Nc2ccc(N3CCN(C(C)C)CC3)c3c2C(=O)N(C)C3)n1. The molecule has 1 aromatic heterocycles. The second kappa shape index (κ2) is 14.6. The Balaban J connectivity index is 1.06. The molecule has 2 aromatic carbocycles. The van der Waals surface area contributed by atoms with Crippen molar-refractivity contribution in [1.82, 2.24) is 24.7 Å². The minimum Gasteiger partial charge on any atom is -0.494 e. The van der Waals surface area contributed by atoms with E-state index in [4.69, 9.17) is 21.3 Å². The smallest absolute Gasteiger partial charge is 0.256 e. The van der Waals surface area contributed by atoms with E-state index >= 15 is 0 Å². The van der Waals surface area contributed by atoms with Gasteiger partial charge in [0.05, 0.1) is 30.2 Å². The zero-order valence-electron chi connectivity index (χ0n) is 29.3. The van der Waals surface area contributed by atoms with Crippen LogP contribution in [0.3, 0.4) is 0 Å². The van der Waals surface area contributed by atoms with E-state index in [1.165, 1.54) is 45.2 Å². The fraction of sp³-hybridized carbons (Fsp3) is 0.541. The van der Waals surface area contributed by atoms with Crippen molar-refractivity contribution in [3.05, 3.63) is 52.7 Å². The molecule has 262 valence electrons. The molecule has 3 fully saturated rings. The number of amides is 1. The summed E-state index contributed by atoms with van der Waals surface area (Å²) in [5.74, 6) is 1.51. The Labute approximate surface area is 295 Å². The lowest BCUT2D eigenvalue weighted by atomic mass is 9.99. The fourth-order valence-electron chi connectivity index (χ4n) is 7.94. The van der Waals surface area contributed by atoms with Crippen molar-refractivity contribution in [3.63, 3.8) is 0 Å². The number of halogens is 1. The molecule has 0 radical (unpaired) electrons. The molecule has 0 aliphatic carbocycles. The number of carbonyl (C=O) groups excluding carboxylic acids is 1. The molecule has 7 rings (SSSR count). The summed E-state index contributed by atoms with van der Waals surface area (Å²) in [7, 11) is 3.54. The molecule has 0 spiro atoms. The van der Waals surface area contributed by atoms with Crippen LogP contribution in [0.25, 0.3) is 0 Å². The van der Waals surface area contributed by atoms with Crippen LogP contribution in [0.5, 0.6) is 5.75 Å². The van der Waals surface area contributed by atoms with E-state index in [1.54, 1.807) is 18.2 Å². The van der Waals surface area contributed by atoms with Crippen molar-refractivity contribution < 1.29 is 9.53 Å². The van der Waals surface area contributed by atoms with Gasteiger partial charge in [0.2, 0.25) is 5.95 Å². The van der Waals surface area contributed by atoms with E-state index in [9.17, 15) is 4.79 Å². The predicted octanol–water partition coefficient (Wildman–Crippen LogP) is 6.20. The van der Waals surface area contributed by atoms with Gasteiger partial charge >= 0.3 is 0 Å². The molecule has 4 aliphatic heterocycles. The molecule has 0 unspecified atom stereocenters. The Morgan fingerprint density at radius 3 is 2.35 bits per heavy atom. The van der Waals surface area contributed by atoms with E-state index in [0.717, 1.165) is 67.6 Å². The molecule has 11 nitrogen and oxygen atoms in total. The van der Waals surface area contributed by atoms with Crippen LogP contribution in [0, 0.1) is 0 Å². The Hall–Kier alpha value is -3.80. The van der Waals surface area contributed by atoms with Gasteiger partial charge in [0.25, 0.3) is 5.91 Å². The summed E-state index contributed by atoms with van der Waals surface area (Å²) >= 11 is 6.63. The zero-order valence-corrected chi connectivity index (χ0v) is 30.1. The van der Waals surface area contributed by atoms with E-state index in [-0.39, 0.29) is 5.91 Å². The van der Waals surface area contributed by atoms with Crippen molar-refractivity contribution in [1.29, 1.82) is 0 Å². The Bertz CT molecular complexity index is 1650. The second-order valence-corrected chi connectivity index (χ2v) is 14.5. The molecular formula is C37H50ClN9O2. The first-order valence-electron chi connectivity index (χ1n) is 17.9. The van der Waals surface area contributed by atoms with Crippen molar-refractivity contribution in [2.45, 2.75) is 64.6 Å². The van der Waals surface area contributed by atoms with Crippen molar-refractivity contribution in [2.24, 2.45) is 0 Å². The highest BCUT2D eigenvalue weighted by Crippen LogP contribution is 2.39. The summed E-state index contributed by atoms with van der Waals surface area (Å²) in [5.41, 5.74) is 5.45. The standard InChI is InChI=1S/C37H50ClN9O2/c1-25(2)44-18-20-47(21-19-44)32-11-10-31(34-28(32)24-43(3)36(34)48)40-35-29(38)23-39-37(42-35)41-30-9-8-27(22-33(30)49-4)46-16-12-26(13-17-46)45-14-6-5-7-15-45/h8-11,22-23,25-26H,5-7,12-21,24H2,1-4H3,(H2,39,40,41,42). The van der Waals surface area contributed by atoms with Gasteiger partial charge in [0.1, 0.15) is 10.8 Å². The third kappa shape index (κ3) is 7.11. The number of piperazine rings is 1. The van der Waals surface area contributed by atoms with Gasteiger partial charge in [-0.3, -0.25) is 9.69 Å². The molecule has 4 aliphatic rings. The van der Waals surface area contributed by atoms with Crippen LogP contribution in [0.4, 0.5) is 34.5 Å². The van der Waals surface area contributed by atoms with Crippen LogP contribution >= 0.6 is 11.6 Å². The molecule has 49 heavy (non-hydrogen) atoms. The summed E-state index contributed by atoms with van der Waals surface area (Å²) in [6.07, 6.45) is 8.01. The molecule has 3 saturated heterocycles. The van der Waals surface area contributed by atoms with Gasteiger partial charge < -0.3 is 35.0 Å². The molecule has 0 bridgehead atoms. The highest BCUT2D eigenvalue weighted by Gasteiger charge is 2.33. The summed E-state index contributed by atoms with van der Waals surface area (Å²) in [6.45, 7) is 13.5. The van der Waals surface area contributed by atoms with E-state index in [1.807, 2.05) is 19.2 Å². The minimum absolute atomic E-state index is 0.00996. The molecular weight excluding hydrogens is 638 g/mol. The normalized spacial score (nSPS) is 19.5. The number of aromatic nitrogens is 2. The maximum atomic E-state index is 13.4. The number of piperidine rings is 2.